The van der Waals surface area contributed by atoms with Crippen molar-refractivity contribution in [3.05, 3.63) is 18.2 Å². The average Bonchev–Trinajstić information content (AvgIpc) is 2.63. The maximum absolute atomic E-state index is 8.84. The fourth-order valence-corrected chi connectivity index (χ4v) is 1.43. The molecule has 1 rings (SSSR count). The molecule has 1 aromatic rings. The van der Waals surface area contributed by atoms with E-state index < -0.39 is 0 Å². The normalized spacial score (nSPS) is 13.0. The number of hydrogen-bond donors (Lipinski definition) is 2. The quantitative estimate of drug-likeness (QED) is 0.659. The number of aromatic nitrogens is 2. The van der Waals surface area contributed by atoms with Crippen LogP contribution in [0, 0.1) is 5.92 Å². The van der Waals surface area contributed by atoms with Crippen LogP contribution < -0.4 is 5.32 Å². The molecule has 0 aliphatic carbocycles. The van der Waals surface area contributed by atoms with Gasteiger partial charge in [-0.1, -0.05) is 6.92 Å². The molecule has 0 saturated carbocycles. The predicted molar refractivity (Wildman–Crippen MR) is 60.4 cm³/mol. The third-order valence-electron chi connectivity index (χ3n) is 2.57. The van der Waals surface area contributed by atoms with Crippen LogP contribution in [0.2, 0.25) is 0 Å². The van der Waals surface area contributed by atoms with Crippen LogP contribution in [-0.2, 0) is 13.6 Å². The molecule has 1 heterocycles. The van der Waals surface area contributed by atoms with Gasteiger partial charge in [0.05, 0.1) is 6.54 Å². The van der Waals surface area contributed by atoms with E-state index >= 15 is 0 Å². The first-order chi connectivity index (χ1) is 7.24. The third-order valence-corrected chi connectivity index (χ3v) is 2.57. The first-order valence-electron chi connectivity index (χ1n) is 5.51. The average molecular weight is 211 g/mol. The summed E-state index contributed by atoms with van der Waals surface area (Å²) in [5.74, 6) is 1.48. The summed E-state index contributed by atoms with van der Waals surface area (Å²) in [7, 11) is 2.00. The first-order valence-corrected chi connectivity index (χ1v) is 5.51. The second-order valence-corrected chi connectivity index (χ2v) is 4.06. The topological polar surface area (TPSA) is 50.1 Å². The molecule has 1 unspecified atom stereocenters. The lowest BCUT2D eigenvalue weighted by molar-refractivity contribution is 0.228. The lowest BCUT2D eigenvalue weighted by atomic mass is 10.1. The van der Waals surface area contributed by atoms with Crippen LogP contribution in [0.15, 0.2) is 12.4 Å². The zero-order valence-corrected chi connectivity index (χ0v) is 9.61. The molecule has 0 saturated heterocycles. The van der Waals surface area contributed by atoms with Gasteiger partial charge in [0.1, 0.15) is 5.82 Å². The molecular weight excluding hydrogens is 190 g/mol. The molecule has 86 valence electrons. The van der Waals surface area contributed by atoms with Gasteiger partial charge in [-0.25, -0.2) is 4.98 Å². The Hall–Kier alpha value is -0.870. The smallest absolute Gasteiger partial charge is 0.122 e. The summed E-state index contributed by atoms with van der Waals surface area (Å²) >= 11 is 0. The zero-order chi connectivity index (χ0) is 11.1. The van der Waals surface area contributed by atoms with Crippen LogP contribution in [0.25, 0.3) is 0 Å². The van der Waals surface area contributed by atoms with Crippen LogP contribution in [-0.4, -0.2) is 27.8 Å². The molecule has 0 spiro atoms. The molecule has 15 heavy (non-hydrogen) atoms. The molecule has 1 atom stereocenters. The minimum Gasteiger partial charge on any atom is -0.396 e. The summed E-state index contributed by atoms with van der Waals surface area (Å²) in [5.41, 5.74) is 0. The van der Waals surface area contributed by atoms with Crippen molar-refractivity contribution in [2.45, 2.75) is 26.3 Å². The highest BCUT2D eigenvalue weighted by molar-refractivity contribution is 4.90. The molecule has 0 fully saturated rings. The van der Waals surface area contributed by atoms with Gasteiger partial charge in [0, 0.05) is 26.0 Å². The van der Waals surface area contributed by atoms with E-state index in [1.165, 1.54) is 0 Å². The van der Waals surface area contributed by atoms with E-state index in [2.05, 4.69) is 17.2 Å². The molecular formula is C11H21N3O. The Morgan fingerprint density at radius 2 is 2.40 bits per heavy atom. The minimum absolute atomic E-state index is 0.291. The number of aliphatic hydroxyl groups is 1. The van der Waals surface area contributed by atoms with E-state index in [0.29, 0.717) is 12.5 Å². The molecule has 2 N–H and O–H groups in total. The monoisotopic (exact) mass is 211 g/mol. The second-order valence-electron chi connectivity index (χ2n) is 4.06. The molecule has 0 aliphatic heterocycles. The van der Waals surface area contributed by atoms with Crippen molar-refractivity contribution in [3.8, 4) is 0 Å². The molecule has 4 nitrogen and oxygen atoms in total. The van der Waals surface area contributed by atoms with E-state index in [1.54, 1.807) is 0 Å². The lowest BCUT2D eigenvalue weighted by Gasteiger charge is -2.08. The van der Waals surface area contributed by atoms with Gasteiger partial charge in [0.15, 0.2) is 0 Å². The number of rotatable bonds is 7. The predicted octanol–water partition coefficient (Wildman–Crippen LogP) is 0.918. The van der Waals surface area contributed by atoms with Crippen LogP contribution in [0.3, 0.4) is 0 Å². The zero-order valence-electron chi connectivity index (χ0n) is 9.61. The van der Waals surface area contributed by atoms with Crippen molar-refractivity contribution in [2.24, 2.45) is 13.0 Å². The summed E-state index contributed by atoms with van der Waals surface area (Å²) in [6.45, 7) is 4.16. The lowest BCUT2D eigenvalue weighted by Crippen LogP contribution is -2.18. The molecule has 1 aromatic heterocycles. The maximum Gasteiger partial charge on any atom is 0.122 e. The van der Waals surface area contributed by atoms with E-state index in [0.717, 1.165) is 31.8 Å². The second kappa shape index (κ2) is 6.58. The van der Waals surface area contributed by atoms with Gasteiger partial charge in [-0.05, 0) is 25.3 Å². The van der Waals surface area contributed by atoms with Gasteiger partial charge in [-0.2, -0.15) is 0 Å². The van der Waals surface area contributed by atoms with E-state index in [9.17, 15) is 0 Å². The number of aryl methyl sites for hydroxylation is 1. The van der Waals surface area contributed by atoms with Crippen molar-refractivity contribution in [1.29, 1.82) is 0 Å². The number of nitrogens with one attached hydrogen (secondary N) is 1. The highest BCUT2D eigenvalue weighted by atomic mass is 16.3. The highest BCUT2D eigenvalue weighted by Gasteiger charge is 2.00. The molecule has 0 amide bonds. The number of hydrogen-bond acceptors (Lipinski definition) is 3. The SMILES string of the molecule is CC(CO)CCCNCc1nccn1C. The number of imidazole rings is 1. The Morgan fingerprint density at radius 1 is 1.60 bits per heavy atom. The largest absolute Gasteiger partial charge is 0.396 e. The summed E-state index contributed by atoms with van der Waals surface area (Å²) in [6, 6.07) is 0. The molecule has 0 aliphatic rings. The molecule has 0 aromatic carbocycles. The standard InChI is InChI=1S/C11H21N3O/c1-10(9-15)4-3-5-12-8-11-13-6-7-14(11)2/h6-7,10,12,15H,3-5,8-9H2,1-2H3. The first kappa shape index (κ1) is 12.2. The number of nitrogens with zero attached hydrogens (tertiary/aromatic N) is 2. The molecule has 0 bridgehead atoms. The van der Waals surface area contributed by atoms with E-state index in [1.807, 2.05) is 24.0 Å². The summed E-state index contributed by atoms with van der Waals surface area (Å²) < 4.78 is 2.02. The van der Waals surface area contributed by atoms with Crippen molar-refractivity contribution in [3.63, 3.8) is 0 Å². The van der Waals surface area contributed by atoms with Gasteiger partial charge < -0.3 is 15.0 Å². The van der Waals surface area contributed by atoms with Gasteiger partial charge >= 0.3 is 0 Å². The Labute approximate surface area is 91.3 Å². The van der Waals surface area contributed by atoms with Crippen LogP contribution >= 0.6 is 0 Å². The Balaban J connectivity index is 2.05. The fraction of sp³-hybridized carbons (Fsp3) is 0.727. The van der Waals surface area contributed by atoms with Gasteiger partial charge in [-0.15, -0.1) is 0 Å². The van der Waals surface area contributed by atoms with E-state index in [-0.39, 0.29) is 0 Å². The minimum atomic E-state index is 0.291. The fourth-order valence-electron chi connectivity index (χ4n) is 1.43. The molecule has 4 heteroatoms. The van der Waals surface area contributed by atoms with Crippen molar-refractivity contribution >= 4 is 0 Å². The van der Waals surface area contributed by atoms with Crippen molar-refractivity contribution in [1.82, 2.24) is 14.9 Å². The summed E-state index contributed by atoms with van der Waals surface area (Å²) in [6.07, 6.45) is 5.94. The van der Waals surface area contributed by atoms with Crippen molar-refractivity contribution in [2.75, 3.05) is 13.2 Å². The Bertz CT molecular complexity index is 273. The summed E-state index contributed by atoms with van der Waals surface area (Å²) in [5, 5.41) is 12.2. The Morgan fingerprint density at radius 3 is 3.00 bits per heavy atom. The molecule has 0 radical (unpaired) electrons. The van der Waals surface area contributed by atoms with Gasteiger partial charge in [0.2, 0.25) is 0 Å². The van der Waals surface area contributed by atoms with Crippen LogP contribution in [0.5, 0.6) is 0 Å². The van der Waals surface area contributed by atoms with E-state index in [4.69, 9.17) is 5.11 Å². The van der Waals surface area contributed by atoms with Crippen molar-refractivity contribution < 1.29 is 5.11 Å². The number of aliphatic hydroxyl groups excluding tert-OH is 1. The van der Waals surface area contributed by atoms with Gasteiger partial charge in [0.25, 0.3) is 0 Å². The highest BCUT2D eigenvalue weighted by Crippen LogP contribution is 2.02. The van der Waals surface area contributed by atoms with Crippen LogP contribution in [0.1, 0.15) is 25.6 Å². The van der Waals surface area contributed by atoms with Gasteiger partial charge in [-0.3, -0.25) is 0 Å². The maximum atomic E-state index is 8.84. The summed E-state index contributed by atoms with van der Waals surface area (Å²) in [4.78, 5) is 4.23. The van der Waals surface area contributed by atoms with Crippen LogP contribution in [0.4, 0.5) is 0 Å². The third kappa shape index (κ3) is 4.44. The Kier molecular flexibility index (Phi) is 5.36.